The number of amides is 1. The minimum absolute atomic E-state index is 0.0264. The van der Waals surface area contributed by atoms with Crippen LogP contribution in [0.15, 0.2) is 0 Å². The molecule has 3 rings (SSSR count). The van der Waals surface area contributed by atoms with E-state index in [-0.39, 0.29) is 30.1 Å². The van der Waals surface area contributed by atoms with Gasteiger partial charge >= 0.3 is 5.97 Å². The Morgan fingerprint density at radius 1 is 1.21 bits per heavy atom. The summed E-state index contributed by atoms with van der Waals surface area (Å²) in [5, 5.41) is 9.61. The molecule has 24 heavy (non-hydrogen) atoms. The average molecular weight is 339 g/mol. The monoisotopic (exact) mass is 339 g/mol. The van der Waals surface area contributed by atoms with Crippen molar-refractivity contribution in [3.05, 3.63) is 0 Å². The molecule has 0 aromatic rings. The van der Waals surface area contributed by atoms with E-state index < -0.39 is 11.9 Å². The summed E-state index contributed by atoms with van der Waals surface area (Å²) in [7, 11) is 3.43. The Morgan fingerprint density at radius 3 is 2.46 bits per heavy atom. The number of carboxylic acids is 1. The van der Waals surface area contributed by atoms with Crippen molar-refractivity contribution in [2.24, 2.45) is 23.7 Å². The summed E-state index contributed by atoms with van der Waals surface area (Å²) in [6.45, 7) is 2.66. The van der Waals surface area contributed by atoms with Gasteiger partial charge in [0.25, 0.3) is 0 Å². The van der Waals surface area contributed by atoms with Crippen molar-refractivity contribution in [2.75, 3.05) is 20.8 Å². The van der Waals surface area contributed by atoms with E-state index in [2.05, 4.69) is 0 Å². The molecule has 2 heterocycles. The predicted molar refractivity (Wildman–Crippen MR) is 87.4 cm³/mol. The van der Waals surface area contributed by atoms with E-state index in [1.54, 1.807) is 14.2 Å². The van der Waals surface area contributed by atoms with Crippen LogP contribution >= 0.6 is 0 Å². The van der Waals surface area contributed by atoms with E-state index in [9.17, 15) is 14.7 Å². The third-order valence-electron chi connectivity index (χ3n) is 6.64. The third-order valence-corrected chi connectivity index (χ3v) is 6.64. The molecule has 7 atom stereocenters. The molecular formula is C18H29NO5. The Balaban J connectivity index is 1.84. The number of ether oxygens (including phenoxy) is 2. The van der Waals surface area contributed by atoms with Gasteiger partial charge in [-0.05, 0) is 43.9 Å². The summed E-state index contributed by atoms with van der Waals surface area (Å²) >= 11 is 0. The normalized spacial score (nSPS) is 42.4. The number of nitrogens with zero attached hydrogens (tertiary/aromatic N) is 1. The highest BCUT2D eigenvalue weighted by atomic mass is 16.5. The molecule has 0 bridgehead atoms. The van der Waals surface area contributed by atoms with Crippen molar-refractivity contribution < 1.29 is 24.2 Å². The zero-order valence-corrected chi connectivity index (χ0v) is 14.8. The number of carbonyl (C=O) groups is 2. The lowest BCUT2D eigenvalue weighted by Crippen LogP contribution is -2.61. The van der Waals surface area contributed by atoms with E-state index in [0.29, 0.717) is 24.7 Å². The first-order chi connectivity index (χ1) is 11.5. The molecule has 3 fully saturated rings. The molecule has 0 radical (unpaired) electrons. The SMILES string of the molecule is CCC1C(=O)N2CCC3CC(OC)C(OC)CC3[C@@H]2C[C@@H]1C(=O)O. The fourth-order valence-electron chi connectivity index (χ4n) is 5.36. The summed E-state index contributed by atoms with van der Waals surface area (Å²) in [4.78, 5) is 26.5. The van der Waals surface area contributed by atoms with Crippen LogP contribution in [0.5, 0.6) is 0 Å². The van der Waals surface area contributed by atoms with Crippen LogP contribution in [-0.2, 0) is 19.1 Å². The number of hydrogen-bond donors (Lipinski definition) is 1. The Bertz CT molecular complexity index is 496. The number of piperidine rings is 2. The molecule has 0 aromatic heterocycles. The van der Waals surface area contributed by atoms with Crippen LogP contribution in [0, 0.1) is 23.7 Å². The van der Waals surface area contributed by atoms with Gasteiger partial charge in [-0.1, -0.05) is 6.92 Å². The first kappa shape index (κ1) is 17.7. The molecule has 6 heteroatoms. The number of hydrogen-bond acceptors (Lipinski definition) is 4. The van der Waals surface area contributed by atoms with Crippen LogP contribution in [-0.4, -0.2) is 60.9 Å². The lowest BCUT2D eigenvalue weighted by molar-refractivity contribution is -0.169. The second-order valence-electron chi connectivity index (χ2n) is 7.53. The van der Waals surface area contributed by atoms with Crippen molar-refractivity contribution in [1.29, 1.82) is 0 Å². The molecule has 0 spiro atoms. The Labute approximate surface area is 143 Å². The standard InChI is InChI=1S/C18H29NO5/c1-4-11-13(18(21)22)8-14-12-9-16(24-3)15(23-2)7-10(12)5-6-19(14)17(11)20/h10-16H,4-9H2,1-3H3,(H,21,22)/t10?,11?,12?,13-,14-,15?,16?/m0/s1. The fourth-order valence-corrected chi connectivity index (χ4v) is 5.36. The number of rotatable bonds is 4. The Morgan fingerprint density at radius 2 is 1.88 bits per heavy atom. The number of aliphatic carboxylic acids is 1. The number of fused-ring (bicyclic) bond motifs is 3. The van der Waals surface area contributed by atoms with E-state index in [1.165, 1.54) is 0 Å². The van der Waals surface area contributed by atoms with Crippen molar-refractivity contribution in [3.8, 4) is 0 Å². The van der Waals surface area contributed by atoms with Crippen LogP contribution < -0.4 is 0 Å². The Kier molecular flexibility index (Phi) is 5.16. The maximum Gasteiger partial charge on any atom is 0.307 e. The molecule has 1 aliphatic carbocycles. The van der Waals surface area contributed by atoms with E-state index in [1.807, 2.05) is 11.8 Å². The van der Waals surface area contributed by atoms with Crippen molar-refractivity contribution in [1.82, 2.24) is 4.90 Å². The van der Waals surface area contributed by atoms with Crippen molar-refractivity contribution >= 4 is 11.9 Å². The molecule has 6 nitrogen and oxygen atoms in total. The van der Waals surface area contributed by atoms with Crippen LogP contribution in [0.25, 0.3) is 0 Å². The zero-order valence-electron chi connectivity index (χ0n) is 14.8. The van der Waals surface area contributed by atoms with E-state index in [4.69, 9.17) is 9.47 Å². The molecule has 1 saturated carbocycles. The summed E-state index contributed by atoms with van der Waals surface area (Å²) in [6, 6.07) is 0.0376. The quantitative estimate of drug-likeness (QED) is 0.845. The van der Waals surface area contributed by atoms with Crippen LogP contribution in [0.3, 0.4) is 0 Å². The largest absolute Gasteiger partial charge is 0.481 e. The smallest absolute Gasteiger partial charge is 0.307 e. The minimum atomic E-state index is -0.828. The van der Waals surface area contributed by atoms with Gasteiger partial charge in [-0.2, -0.15) is 0 Å². The maximum absolute atomic E-state index is 12.9. The van der Waals surface area contributed by atoms with Gasteiger partial charge in [0.05, 0.1) is 24.0 Å². The van der Waals surface area contributed by atoms with Crippen LogP contribution in [0.4, 0.5) is 0 Å². The second-order valence-corrected chi connectivity index (χ2v) is 7.53. The summed E-state index contributed by atoms with van der Waals surface area (Å²) in [5.74, 6) is -0.900. The van der Waals surface area contributed by atoms with Gasteiger partial charge in [0, 0.05) is 26.8 Å². The molecule has 1 amide bonds. The summed E-state index contributed by atoms with van der Waals surface area (Å²) in [5.41, 5.74) is 0. The number of carbonyl (C=O) groups excluding carboxylic acids is 1. The van der Waals surface area contributed by atoms with Gasteiger partial charge < -0.3 is 19.5 Å². The van der Waals surface area contributed by atoms with Gasteiger partial charge in [-0.15, -0.1) is 0 Å². The van der Waals surface area contributed by atoms with Gasteiger partial charge in [-0.25, -0.2) is 0 Å². The molecule has 2 aliphatic heterocycles. The molecule has 0 aromatic carbocycles. The first-order valence-electron chi connectivity index (χ1n) is 9.10. The van der Waals surface area contributed by atoms with Gasteiger partial charge in [0.15, 0.2) is 0 Å². The average Bonchev–Trinajstić information content (AvgIpc) is 2.59. The summed E-state index contributed by atoms with van der Waals surface area (Å²) < 4.78 is 11.2. The molecule has 3 aliphatic rings. The topological polar surface area (TPSA) is 76.1 Å². The lowest BCUT2D eigenvalue weighted by Gasteiger charge is -2.54. The molecule has 2 saturated heterocycles. The fraction of sp³-hybridized carbons (Fsp3) is 0.889. The summed E-state index contributed by atoms with van der Waals surface area (Å²) in [6.07, 6.45) is 4.06. The predicted octanol–water partition coefficient (Wildman–Crippen LogP) is 1.77. The van der Waals surface area contributed by atoms with Crippen LogP contribution in [0.2, 0.25) is 0 Å². The zero-order chi connectivity index (χ0) is 17.4. The highest BCUT2D eigenvalue weighted by molar-refractivity contribution is 5.86. The van der Waals surface area contributed by atoms with Gasteiger partial charge in [0.2, 0.25) is 5.91 Å². The van der Waals surface area contributed by atoms with Gasteiger partial charge in [-0.3, -0.25) is 9.59 Å². The number of methoxy groups -OCH3 is 2. The lowest BCUT2D eigenvalue weighted by atomic mass is 9.64. The minimum Gasteiger partial charge on any atom is -0.481 e. The third kappa shape index (κ3) is 2.84. The molecule has 5 unspecified atom stereocenters. The van der Waals surface area contributed by atoms with Gasteiger partial charge in [0.1, 0.15) is 0 Å². The van der Waals surface area contributed by atoms with Crippen molar-refractivity contribution in [2.45, 2.75) is 57.3 Å². The molecule has 136 valence electrons. The van der Waals surface area contributed by atoms with E-state index >= 15 is 0 Å². The maximum atomic E-state index is 12.9. The highest BCUT2D eigenvalue weighted by Crippen LogP contribution is 2.46. The van der Waals surface area contributed by atoms with Crippen molar-refractivity contribution in [3.63, 3.8) is 0 Å². The van der Waals surface area contributed by atoms with E-state index in [0.717, 1.165) is 25.8 Å². The Hall–Kier alpha value is -1.14. The molecular weight excluding hydrogens is 310 g/mol. The van der Waals surface area contributed by atoms with Crippen LogP contribution in [0.1, 0.15) is 39.0 Å². The second kappa shape index (κ2) is 7.00. The highest BCUT2D eigenvalue weighted by Gasteiger charge is 2.52. The number of carboxylic acid groups (broad SMARTS) is 1. The molecule has 1 N–H and O–H groups in total. The first-order valence-corrected chi connectivity index (χ1v) is 9.10.